The van der Waals surface area contributed by atoms with Crippen molar-refractivity contribution < 1.29 is 14.5 Å². The van der Waals surface area contributed by atoms with Gasteiger partial charge in [0.1, 0.15) is 16.6 Å². The van der Waals surface area contributed by atoms with Crippen LogP contribution in [0.1, 0.15) is 20.8 Å². The molecule has 0 unspecified atom stereocenters. The van der Waals surface area contributed by atoms with Crippen molar-refractivity contribution in [2.75, 3.05) is 5.32 Å². The van der Waals surface area contributed by atoms with Gasteiger partial charge in [0.25, 0.3) is 5.69 Å². The zero-order valence-electron chi connectivity index (χ0n) is 10.1. The van der Waals surface area contributed by atoms with Crippen LogP contribution >= 0.6 is 11.6 Å². The van der Waals surface area contributed by atoms with Crippen LogP contribution in [-0.4, -0.2) is 21.6 Å². The molecule has 18 heavy (non-hydrogen) atoms. The maximum Gasteiger partial charge on any atom is 0.413 e. The molecule has 1 amide bonds. The predicted molar refractivity (Wildman–Crippen MR) is 65.8 cm³/mol. The maximum atomic E-state index is 11.4. The Kier molecular flexibility index (Phi) is 4.07. The van der Waals surface area contributed by atoms with E-state index < -0.39 is 16.6 Å². The molecule has 1 aromatic rings. The van der Waals surface area contributed by atoms with Gasteiger partial charge in [0, 0.05) is 0 Å². The Bertz CT molecular complexity index is 485. The van der Waals surface area contributed by atoms with E-state index in [2.05, 4.69) is 10.3 Å². The SMILES string of the molecule is CC(C)(C)OC(=O)Nc1cc([N+](=O)[O-])cc(Cl)n1. The summed E-state index contributed by atoms with van der Waals surface area (Å²) in [4.78, 5) is 25.1. The second kappa shape index (κ2) is 5.18. The Labute approximate surface area is 108 Å². The molecule has 0 spiro atoms. The average molecular weight is 274 g/mol. The number of rotatable bonds is 2. The predicted octanol–water partition coefficient (Wildman–Crippen LogP) is 2.99. The van der Waals surface area contributed by atoms with Crippen LogP contribution in [0, 0.1) is 10.1 Å². The molecule has 98 valence electrons. The number of nitrogens with zero attached hydrogens (tertiary/aromatic N) is 2. The topological polar surface area (TPSA) is 94.4 Å². The number of anilines is 1. The number of pyridine rings is 1. The van der Waals surface area contributed by atoms with E-state index in [1.807, 2.05) is 0 Å². The number of ether oxygens (including phenoxy) is 1. The summed E-state index contributed by atoms with van der Waals surface area (Å²) in [5.74, 6) is -0.0385. The monoisotopic (exact) mass is 273 g/mol. The third-order valence-electron chi connectivity index (χ3n) is 1.62. The second-order valence-electron chi connectivity index (χ2n) is 4.42. The number of nitrogens with one attached hydrogen (secondary N) is 1. The molecule has 0 fully saturated rings. The van der Waals surface area contributed by atoms with E-state index in [4.69, 9.17) is 16.3 Å². The Morgan fingerprint density at radius 3 is 2.61 bits per heavy atom. The van der Waals surface area contributed by atoms with E-state index in [1.165, 1.54) is 0 Å². The molecule has 0 atom stereocenters. The third-order valence-corrected chi connectivity index (χ3v) is 1.81. The first kappa shape index (κ1) is 14.2. The zero-order valence-corrected chi connectivity index (χ0v) is 10.8. The summed E-state index contributed by atoms with van der Waals surface area (Å²) in [5, 5.41) is 12.8. The number of amides is 1. The fourth-order valence-electron chi connectivity index (χ4n) is 1.06. The third kappa shape index (κ3) is 4.54. The molecule has 0 aromatic carbocycles. The van der Waals surface area contributed by atoms with Gasteiger partial charge in [-0.3, -0.25) is 15.4 Å². The molecule has 1 rings (SSSR count). The molecule has 0 aliphatic heterocycles. The van der Waals surface area contributed by atoms with Crippen LogP contribution in [0.4, 0.5) is 16.3 Å². The average Bonchev–Trinajstić information content (AvgIpc) is 2.12. The number of aromatic nitrogens is 1. The number of hydrogen-bond acceptors (Lipinski definition) is 5. The van der Waals surface area contributed by atoms with E-state index in [0.29, 0.717) is 0 Å². The van der Waals surface area contributed by atoms with Crippen LogP contribution in [0.2, 0.25) is 5.15 Å². The molecule has 7 nitrogen and oxygen atoms in total. The normalized spacial score (nSPS) is 10.9. The van der Waals surface area contributed by atoms with Crippen LogP contribution in [0.15, 0.2) is 12.1 Å². The highest BCUT2D eigenvalue weighted by molar-refractivity contribution is 6.29. The summed E-state index contributed by atoms with van der Waals surface area (Å²) < 4.78 is 4.98. The minimum Gasteiger partial charge on any atom is -0.444 e. The minimum absolute atomic E-state index is 0.0385. The molecular formula is C10H12ClN3O4. The summed E-state index contributed by atoms with van der Waals surface area (Å²) in [7, 11) is 0. The summed E-state index contributed by atoms with van der Waals surface area (Å²) in [5.41, 5.74) is -0.935. The first-order valence-corrected chi connectivity index (χ1v) is 5.37. The van der Waals surface area contributed by atoms with E-state index in [0.717, 1.165) is 12.1 Å². The zero-order chi connectivity index (χ0) is 13.9. The lowest BCUT2D eigenvalue weighted by atomic mass is 10.2. The van der Waals surface area contributed by atoms with Crippen LogP contribution in [-0.2, 0) is 4.74 Å². The molecule has 1 heterocycles. The Morgan fingerprint density at radius 2 is 2.11 bits per heavy atom. The summed E-state index contributed by atoms with van der Waals surface area (Å²) >= 11 is 5.60. The fourth-order valence-corrected chi connectivity index (χ4v) is 1.26. The van der Waals surface area contributed by atoms with Crippen LogP contribution < -0.4 is 5.32 Å². The smallest absolute Gasteiger partial charge is 0.413 e. The van der Waals surface area contributed by atoms with E-state index in [-0.39, 0.29) is 16.7 Å². The Balaban J connectivity index is 2.85. The fraction of sp³-hybridized carbons (Fsp3) is 0.400. The number of halogens is 1. The molecule has 0 aliphatic rings. The lowest BCUT2D eigenvalue weighted by Gasteiger charge is -2.19. The Hall–Kier alpha value is -1.89. The van der Waals surface area contributed by atoms with Crippen molar-refractivity contribution in [3.05, 3.63) is 27.4 Å². The molecule has 0 saturated carbocycles. The molecular weight excluding hydrogens is 262 g/mol. The minimum atomic E-state index is -0.758. The van der Waals surface area contributed by atoms with Crippen molar-refractivity contribution in [2.24, 2.45) is 0 Å². The summed E-state index contributed by atoms with van der Waals surface area (Å²) in [6.45, 7) is 5.08. The highest BCUT2D eigenvalue weighted by Crippen LogP contribution is 2.21. The molecule has 8 heteroatoms. The molecule has 0 radical (unpaired) electrons. The van der Waals surface area contributed by atoms with Gasteiger partial charge in [0.15, 0.2) is 0 Å². The number of carbonyl (C=O) groups is 1. The van der Waals surface area contributed by atoms with Gasteiger partial charge in [-0.2, -0.15) is 0 Å². The highest BCUT2D eigenvalue weighted by atomic mass is 35.5. The molecule has 0 saturated heterocycles. The number of carbonyl (C=O) groups excluding carboxylic acids is 1. The van der Waals surface area contributed by atoms with Gasteiger partial charge in [0.05, 0.1) is 17.1 Å². The van der Waals surface area contributed by atoms with Crippen molar-refractivity contribution in [3.63, 3.8) is 0 Å². The molecule has 0 bridgehead atoms. The molecule has 1 aromatic heterocycles. The van der Waals surface area contributed by atoms with Crippen molar-refractivity contribution in [1.29, 1.82) is 0 Å². The van der Waals surface area contributed by atoms with Crippen molar-refractivity contribution in [1.82, 2.24) is 4.98 Å². The van der Waals surface area contributed by atoms with E-state index >= 15 is 0 Å². The first-order valence-electron chi connectivity index (χ1n) is 4.99. The summed E-state index contributed by atoms with van der Waals surface area (Å²) in [6.07, 6.45) is -0.758. The van der Waals surface area contributed by atoms with Gasteiger partial charge in [-0.15, -0.1) is 0 Å². The molecule has 0 aliphatic carbocycles. The summed E-state index contributed by atoms with van der Waals surface area (Å²) in [6, 6.07) is 2.18. The van der Waals surface area contributed by atoms with Crippen LogP contribution in [0.3, 0.4) is 0 Å². The maximum absolute atomic E-state index is 11.4. The van der Waals surface area contributed by atoms with E-state index in [9.17, 15) is 14.9 Å². The lowest BCUT2D eigenvalue weighted by Crippen LogP contribution is -2.27. The lowest BCUT2D eigenvalue weighted by molar-refractivity contribution is -0.384. The van der Waals surface area contributed by atoms with Gasteiger partial charge >= 0.3 is 6.09 Å². The van der Waals surface area contributed by atoms with Gasteiger partial charge in [-0.25, -0.2) is 9.78 Å². The van der Waals surface area contributed by atoms with Gasteiger partial charge in [-0.05, 0) is 20.8 Å². The van der Waals surface area contributed by atoms with Gasteiger partial charge in [-0.1, -0.05) is 11.6 Å². The second-order valence-corrected chi connectivity index (χ2v) is 4.80. The largest absolute Gasteiger partial charge is 0.444 e. The van der Waals surface area contributed by atoms with Crippen molar-refractivity contribution >= 4 is 29.2 Å². The van der Waals surface area contributed by atoms with Crippen molar-refractivity contribution in [2.45, 2.75) is 26.4 Å². The quantitative estimate of drug-likeness (QED) is 0.508. The van der Waals surface area contributed by atoms with Crippen molar-refractivity contribution in [3.8, 4) is 0 Å². The van der Waals surface area contributed by atoms with Crippen LogP contribution in [0.5, 0.6) is 0 Å². The Morgan fingerprint density at radius 1 is 1.50 bits per heavy atom. The van der Waals surface area contributed by atoms with Gasteiger partial charge < -0.3 is 4.74 Å². The van der Waals surface area contributed by atoms with Gasteiger partial charge in [0.2, 0.25) is 0 Å². The first-order chi connectivity index (χ1) is 8.17. The van der Waals surface area contributed by atoms with Crippen LogP contribution in [0.25, 0.3) is 0 Å². The number of hydrogen-bond donors (Lipinski definition) is 1. The highest BCUT2D eigenvalue weighted by Gasteiger charge is 2.18. The standard InChI is InChI=1S/C10H12ClN3O4/c1-10(2,3)18-9(15)13-8-5-6(14(16)17)4-7(11)12-8/h4-5H,1-3H3,(H,12,13,15). The number of nitro groups is 1. The molecule has 1 N–H and O–H groups in total. The van der Waals surface area contributed by atoms with E-state index in [1.54, 1.807) is 20.8 Å².